The van der Waals surface area contributed by atoms with Crippen molar-refractivity contribution < 1.29 is 33.1 Å². The average molecular weight is 595 g/mol. The number of methoxy groups -OCH3 is 3. The third-order valence-corrected chi connectivity index (χ3v) is 7.21. The summed E-state index contributed by atoms with van der Waals surface area (Å²) in [5, 5.41) is 9.51. The molecule has 0 fully saturated rings. The van der Waals surface area contributed by atoms with Crippen LogP contribution in [-0.4, -0.2) is 61.2 Å². The number of amides is 3. The van der Waals surface area contributed by atoms with Gasteiger partial charge in [0.25, 0.3) is 0 Å². The summed E-state index contributed by atoms with van der Waals surface area (Å²) >= 11 is 0. The van der Waals surface area contributed by atoms with Crippen LogP contribution >= 0.6 is 0 Å². The first-order chi connectivity index (χ1) is 20.5. The van der Waals surface area contributed by atoms with E-state index >= 15 is 0 Å². The molecule has 1 aromatic heterocycles. The van der Waals surface area contributed by atoms with Gasteiger partial charge in [0.2, 0.25) is 17.7 Å². The number of rotatable bonds is 15. The van der Waals surface area contributed by atoms with Crippen molar-refractivity contribution in [3.05, 3.63) is 65.4 Å². The third kappa shape index (κ3) is 9.22. The van der Waals surface area contributed by atoms with E-state index in [1.807, 2.05) is 32.9 Å². The molecule has 0 aliphatic heterocycles. The van der Waals surface area contributed by atoms with Gasteiger partial charge < -0.3 is 34.3 Å². The van der Waals surface area contributed by atoms with Gasteiger partial charge in [-0.25, -0.2) is 0 Å². The zero-order chi connectivity index (χ0) is 31.6. The SMILES string of the molecule is CCC(C)(C)NC(=O)[C@@H](c1ccc(OC)cc1)N(CCc1ccc(OC)c(OC)c1)C(=O)CCC(=O)Nc1cc(C)on1. The van der Waals surface area contributed by atoms with Gasteiger partial charge in [-0.05, 0) is 69.0 Å². The van der Waals surface area contributed by atoms with Crippen LogP contribution in [0.5, 0.6) is 17.2 Å². The molecule has 0 aliphatic carbocycles. The van der Waals surface area contributed by atoms with Crippen molar-refractivity contribution in [3.63, 3.8) is 0 Å². The van der Waals surface area contributed by atoms with E-state index in [1.165, 1.54) is 4.90 Å². The highest BCUT2D eigenvalue weighted by Gasteiger charge is 2.34. The molecule has 0 radical (unpaired) electrons. The summed E-state index contributed by atoms with van der Waals surface area (Å²) in [5.41, 5.74) is 1.00. The average Bonchev–Trinajstić information content (AvgIpc) is 3.41. The number of benzene rings is 2. The normalized spacial score (nSPS) is 11.8. The van der Waals surface area contributed by atoms with E-state index in [-0.39, 0.29) is 42.9 Å². The lowest BCUT2D eigenvalue weighted by Crippen LogP contribution is -2.50. The molecular formula is C32H42N4O7. The number of ether oxygens (including phenoxy) is 3. The summed E-state index contributed by atoms with van der Waals surface area (Å²) in [4.78, 5) is 42.0. The van der Waals surface area contributed by atoms with Crippen LogP contribution in [0.4, 0.5) is 5.82 Å². The topological polar surface area (TPSA) is 132 Å². The number of carbonyl (C=O) groups is 3. The Morgan fingerprint density at radius 1 is 0.953 bits per heavy atom. The Kier molecular flexibility index (Phi) is 11.6. The van der Waals surface area contributed by atoms with Crippen LogP contribution in [0.15, 0.2) is 53.1 Å². The number of anilines is 1. The Hall–Kier alpha value is -4.54. The monoisotopic (exact) mass is 594 g/mol. The fourth-order valence-corrected chi connectivity index (χ4v) is 4.43. The van der Waals surface area contributed by atoms with Gasteiger partial charge in [0.1, 0.15) is 17.6 Å². The molecule has 0 unspecified atom stereocenters. The summed E-state index contributed by atoms with van der Waals surface area (Å²) in [6.45, 7) is 7.77. The highest BCUT2D eigenvalue weighted by molar-refractivity contribution is 5.94. The van der Waals surface area contributed by atoms with Crippen molar-refractivity contribution in [1.29, 1.82) is 0 Å². The molecule has 3 amide bonds. The van der Waals surface area contributed by atoms with E-state index in [4.69, 9.17) is 18.7 Å². The van der Waals surface area contributed by atoms with Crippen LogP contribution in [0.2, 0.25) is 0 Å². The minimum atomic E-state index is -0.953. The van der Waals surface area contributed by atoms with Crippen LogP contribution < -0.4 is 24.8 Å². The summed E-state index contributed by atoms with van der Waals surface area (Å²) in [5.74, 6) is 1.54. The van der Waals surface area contributed by atoms with E-state index in [0.717, 1.165) is 5.56 Å². The van der Waals surface area contributed by atoms with Gasteiger partial charge in [-0.1, -0.05) is 30.3 Å². The van der Waals surface area contributed by atoms with Gasteiger partial charge in [0.15, 0.2) is 17.3 Å². The fraction of sp³-hybridized carbons (Fsp3) is 0.438. The van der Waals surface area contributed by atoms with E-state index in [1.54, 1.807) is 64.7 Å². The first-order valence-corrected chi connectivity index (χ1v) is 14.2. The summed E-state index contributed by atoms with van der Waals surface area (Å²) in [7, 11) is 4.68. The highest BCUT2D eigenvalue weighted by atomic mass is 16.5. The minimum absolute atomic E-state index is 0.102. The molecule has 43 heavy (non-hydrogen) atoms. The van der Waals surface area contributed by atoms with E-state index < -0.39 is 11.6 Å². The quantitative estimate of drug-likeness (QED) is 0.255. The van der Waals surface area contributed by atoms with E-state index in [9.17, 15) is 14.4 Å². The summed E-state index contributed by atoms with van der Waals surface area (Å²) in [6, 6.07) is 13.2. The standard InChI is InChI=1S/C32H42N4O7/c1-8-32(3,4)34-31(39)30(23-10-12-24(40-5)13-11-23)36(18-17-22-9-14-25(41-6)26(20-22)42-7)29(38)16-15-28(37)33-27-19-21(2)43-35-27/h9-14,19-20,30H,8,15-18H2,1-7H3,(H,34,39)(H,33,35,37)/t30-/m1/s1. The number of nitrogens with one attached hydrogen (secondary N) is 2. The molecule has 3 aromatic rings. The largest absolute Gasteiger partial charge is 0.497 e. The van der Waals surface area contributed by atoms with Crippen LogP contribution in [0.25, 0.3) is 0 Å². The predicted octanol–water partition coefficient (Wildman–Crippen LogP) is 4.84. The maximum Gasteiger partial charge on any atom is 0.247 e. The van der Waals surface area contributed by atoms with Crippen molar-refractivity contribution in [2.75, 3.05) is 33.2 Å². The Balaban J connectivity index is 1.93. The molecule has 2 aromatic carbocycles. The van der Waals surface area contributed by atoms with Crippen LogP contribution in [0.3, 0.4) is 0 Å². The first-order valence-electron chi connectivity index (χ1n) is 14.2. The lowest BCUT2D eigenvalue weighted by Gasteiger charge is -2.35. The molecule has 1 atom stereocenters. The van der Waals surface area contributed by atoms with Crippen LogP contribution in [0.1, 0.15) is 63.0 Å². The van der Waals surface area contributed by atoms with Crippen molar-refractivity contribution >= 4 is 23.5 Å². The molecule has 232 valence electrons. The molecule has 3 rings (SSSR count). The Morgan fingerprint density at radius 2 is 1.65 bits per heavy atom. The third-order valence-electron chi connectivity index (χ3n) is 7.21. The van der Waals surface area contributed by atoms with Crippen molar-refractivity contribution in [1.82, 2.24) is 15.4 Å². The number of hydrogen-bond acceptors (Lipinski definition) is 8. The molecular weight excluding hydrogens is 552 g/mol. The second-order valence-electron chi connectivity index (χ2n) is 10.8. The predicted molar refractivity (Wildman–Crippen MR) is 162 cm³/mol. The van der Waals surface area contributed by atoms with Gasteiger partial charge >= 0.3 is 0 Å². The van der Waals surface area contributed by atoms with Crippen molar-refractivity contribution in [2.45, 2.75) is 65.0 Å². The van der Waals surface area contributed by atoms with Crippen molar-refractivity contribution in [2.24, 2.45) is 0 Å². The van der Waals surface area contributed by atoms with Gasteiger partial charge in [-0.3, -0.25) is 14.4 Å². The van der Waals surface area contributed by atoms with Gasteiger partial charge in [0.05, 0.1) is 21.3 Å². The highest BCUT2D eigenvalue weighted by Crippen LogP contribution is 2.30. The Morgan fingerprint density at radius 3 is 2.23 bits per heavy atom. The van der Waals surface area contributed by atoms with Crippen molar-refractivity contribution in [3.8, 4) is 17.2 Å². The van der Waals surface area contributed by atoms with Gasteiger partial charge in [-0.15, -0.1) is 0 Å². The lowest BCUT2D eigenvalue weighted by molar-refractivity contribution is -0.142. The smallest absolute Gasteiger partial charge is 0.247 e. The zero-order valence-corrected chi connectivity index (χ0v) is 26.0. The molecule has 1 heterocycles. The Bertz CT molecular complexity index is 1380. The second-order valence-corrected chi connectivity index (χ2v) is 10.8. The fourth-order valence-electron chi connectivity index (χ4n) is 4.43. The molecule has 0 spiro atoms. The number of hydrogen-bond donors (Lipinski definition) is 2. The molecule has 11 nitrogen and oxygen atoms in total. The molecule has 0 saturated carbocycles. The van der Waals surface area contributed by atoms with Gasteiger partial charge in [0, 0.05) is 31.0 Å². The molecule has 0 saturated heterocycles. The number of nitrogens with zero attached hydrogens (tertiary/aromatic N) is 2. The van der Waals surface area contributed by atoms with Crippen LogP contribution in [0, 0.1) is 6.92 Å². The maximum absolute atomic E-state index is 13.9. The zero-order valence-electron chi connectivity index (χ0n) is 26.0. The number of aromatic nitrogens is 1. The maximum atomic E-state index is 13.9. The molecule has 0 aliphatic rings. The van der Waals surface area contributed by atoms with E-state index in [2.05, 4.69) is 15.8 Å². The molecule has 2 N–H and O–H groups in total. The lowest BCUT2D eigenvalue weighted by atomic mass is 9.98. The Labute approximate surface area is 252 Å². The molecule has 11 heteroatoms. The van der Waals surface area contributed by atoms with Crippen LogP contribution in [-0.2, 0) is 20.8 Å². The second kappa shape index (κ2) is 15.1. The summed E-state index contributed by atoms with van der Waals surface area (Å²) < 4.78 is 21.1. The number of aryl methyl sites for hydroxylation is 1. The summed E-state index contributed by atoms with van der Waals surface area (Å²) in [6.07, 6.45) is 0.893. The van der Waals surface area contributed by atoms with E-state index in [0.29, 0.717) is 41.4 Å². The molecule has 0 bridgehead atoms. The van der Waals surface area contributed by atoms with Gasteiger partial charge in [-0.2, -0.15) is 0 Å². The first kappa shape index (κ1) is 33.0. The minimum Gasteiger partial charge on any atom is -0.497 e. The number of carbonyl (C=O) groups excluding carboxylic acids is 3.